The summed E-state index contributed by atoms with van der Waals surface area (Å²) in [7, 11) is 3.10. The third-order valence-corrected chi connectivity index (χ3v) is 24.0. The van der Waals surface area contributed by atoms with E-state index in [-0.39, 0.29) is 74.8 Å². The lowest BCUT2D eigenvalue weighted by Gasteiger charge is -2.16. The molecule has 11 aromatic rings. The van der Waals surface area contributed by atoms with Gasteiger partial charge in [0, 0.05) is 28.3 Å². The third kappa shape index (κ3) is 23.5. The summed E-state index contributed by atoms with van der Waals surface area (Å²) in [6, 6.07) is 61.5. The summed E-state index contributed by atoms with van der Waals surface area (Å²) < 4.78 is 26.9. The predicted molar refractivity (Wildman–Crippen MR) is 505 cm³/mol. The zero-order chi connectivity index (χ0) is 88.1. The van der Waals surface area contributed by atoms with Crippen LogP contribution in [0, 0.1) is 13.8 Å². The molecule has 4 saturated heterocycles. The molecule has 21 nitrogen and oxygen atoms in total. The minimum atomic E-state index is -0.240. The van der Waals surface area contributed by atoms with E-state index in [1.807, 2.05) is 154 Å². The number of allylic oxidation sites excluding steroid dienone is 2. The number of ether oxygens (including phenoxy) is 3. The number of hydrogen-bond donors (Lipinski definition) is 4. The number of thioether (sulfide) groups is 4. The van der Waals surface area contributed by atoms with E-state index >= 15 is 0 Å². The lowest BCUT2D eigenvalue weighted by Crippen LogP contribution is -2.32. The maximum atomic E-state index is 13.4. The van der Waals surface area contributed by atoms with Crippen molar-refractivity contribution in [3.05, 3.63) is 345 Å². The largest absolute Gasteiger partial charge is 0.506 e. The van der Waals surface area contributed by atoms with Gasteiger partial charge in [-0.2, -0.15) is 0 Å². The van der Waals surface area contributed by atoms with Crippen molar-refractivity contribution in [2.45, 2.75) is 46.7 Å². The molecule has 4 fully saturated rings. The number of aromatic hydroxyl groups is 4. The van der Waals surface area contributed by atoms with Crippen LogP contribution in [0.4, 0.5) is 28.4 Å². The molecule has 4 amide bonds. The first-order valence-electron chi connectivity index (χ1n) is 38.1. The average molecular weight is 1830 g/mol. The molecule has 0 bridgehead atoms. The number of methoxy groups -OCH3 is 2. The van der Waals surface area contributed by atoms with Crippen LogP contribution >= 0.6 is 105 Å². The van der Waals surface area contributed by atoms with Crippen molar-refractivity contribution in [3.8, 4) is 34.5 Å². The summed E-state index contributed by atoms with van der Waals surface area (Å²) in [5.41, 5.74) is 9.53. The zero-order valence-electron chi connectivity index (χ0n) is 67.2. The Kier molecular flexibility index (Phi) is 32.0. The van der Waals surface area contributed by atoms with E-state index in [1.165, 1.54) is 65.1 Å². The van der Waals surface area contributed by atoms with Crippen molar-refractivity contribution < 1.29 is 62.6 Å². The molecular formula is C94H79Cl5N8O13S4. The number of halogens is 5. The van der Waals surface area contributed by atoms with Gasteiger partial charge in [0.05, 0.1) is 116 Å². The summed E-state index contributed by atoms with van der Waals surface area (Å²) in [6.45, 7) is 14.9. The molecule has 0 spiro atoms. The highest BCUT2D eigenvalue weighted by Gasteiger charge is 2.39. The summed E-state index contributed by atoms with van der Waals surface area (Å²) in [5, 5.41) is 44.0. The van der Waals surface area contributed by atoms with Gasteiger partial charge in [0.25, 0.3) is 23.6 Å². The van der Waals surface area contributed by atoms with Gasteiger partial charge in [-0.05, 0) is 272 Å². The molecular weight excluding hydrogens is 1750 g/mol. The van der Waals surface area contributed by atoms with Crippen LogP contribution in [0.1, 0.15) is 63.0 Å². The van der Waals surface area contributed by atoms with E-state index in [1.54, 1.807) is 138 Å². The SMILES string of the molecule is C=CCc1cc(/C=C2/SC(=Nc3ccccc3)N(CCOC)C2=O)cc(OCC)c1O.C=CCc1cc(/C=C2\SC(=Nc3ccccc3)N(Cc3ccco3)C2=O)cc(OC)c1O.Cc1ccc(N=C2S/C(=C/c3ccc(O)c(Cl)c3)C(=O)N2c2ccc(C)c(Cl)c2)cc1Cl.O=C1/C(=C/c2cc(Cl)c(O)c(Cl)c2)SC(=Nc2ccccc2)N1Cc1ccco1. The second-order valence-corrected chi connectivity index (χ2v) is 33.2. The van der Waals surface area contributed by atoms with E-state index in [4.69, 9.17) is 86.0 Å². The summed E-state index contributed by atoms with van der Waals surface area (Å²) in [5.74, 6) is 1.27. The van der Waals surface area contributed by atoms with Crippen LogP contribution < -0.4 is 14.4 Å². The Labute approximate surface area is 758 Å². The monoisotopic (exact) mass is 1830 g/mol. The number of benzene rings is 9. The molecule has 4 aliphatic heterocycles. The maximum Gasteiger partial charge on any atom is 0.271 e. The van der Waals surface area contributed by atoms with Gasteiger partial charge >= 0.3 is 0 Å². The molecule has 30 heteroatoms. The quantitative estimate of drug-likeness (QED) is 0.0342. The van der Waals surface area contributed by atoms with Crippen LogP contribution in [0.3, 0.4) is 0 Å². The number of aryl methyl sites for hydroxylation is 2. The van der Waals surface area contributed by atoms with Crippen molar-refractivity contribution in [2.75, 3.05) is 38.9 Å². The number of hydrogen-bond acceptors (Lipinski definition) is 21. The van der Waals surface area contributed by atoms with Crippen LogP contribution in [0.5, 0.6) is 34.5 Å². The van der Waals surface area contributed by atoms with Crippen molar-refractivity contribution in [2.24, 2.45) is 20.0 Å². The van der Waals surface area contributed by atoms with Gasteiger partial charge in [0.1, 0.15) is 17.3 Å². The van der Waals surface area contributed by atoms with Crippen LogP contribution in [0.2, 0.25) is 25.1 Å². The van der Waals surface area contributed by atoms with E-state index in [2.05, 4.69) is 28.1 Å². The molecule has 0 saturated carbocycles. The fourth-order valence-corrected chi connectivity index (χ4v) is 17.2. The molecule has 2 aromatic heterocycles. The topological polar surface area (TPSA) is 266 Å². The number of amides is 4. The van der Waals surface area contributed by atoms with Gasteiger partial charge in [-0.25, -0.2) is 20.0 Å². The third-order valence-electron chi connectivity index (χ3n) is 18.3. The lowest BCUT2D eigenvalue weighted by molar-refractivity contribution is -0.123. The Morgan fingerprint density at radius 1 is 0.427 bits per heavy atom. The number of phenolic OH excluding ortho intramolecular Hbond substituents is 4. The molecule has 4 N–H and O–H groups in total. The van der Waals surface area contributed by atoms with Gasteiger partial charge < -0.3 is 43.5 Å². The molecule has 9 aromatic carbocycles. The highest BCUT2D eigenvalue weighted by Crippen LogP contribution is 2.45. The van der Waals surface area contributed by atoms with E-state index in [9.17, 15) is 39.6 Å². The number of amidine groups is 4. The van der Waals surface area contributed by atoms with Crippen LogP contribution in [0.25, 0.3) is 24.3 Å². The Morgan fingerprint density at radius 3 is 1.31 bits per heavy atom. The normalized spacial score (nSPS) is 16.4. The molecule has 124 heavy (non-hydrogen) atoms. The molecule has 6 heterocycles. The molecule has 0 atom stereocenters. The van der Waals surface area contributed by atoms with E-state index in [0.717, 1.165) is 39.3 Å². The number of carbonyl (C=O) groups is 4. The van der Waals surface area contributed by atoms with Crippen LogP contribution in [-0.4, -0.2) is 113 Å². The smallest absolute Gasteiger partial charge is 0.271 e. The first-order chi connectivity index (χ1) is 59.9. The second kappa shape index (κ2) is 43.5. The molecule has 4 aliphatic rings. The van der Waals surface area contributed by atoms with E-state index in [0.29, 0.717) is 140 Å². The highest BCUT2D eigenvalue weighted by molar-refractivity contribution is 8.19. The number of para-hydroxylation sites is 3. The van der Waals surface area contributed by atoms with Gasteiger partial charge in [-0.3, -0.25) is 38.8 Å². The molecule has 632 valence electrons. The first kappa shape index (κ1) is 91.4. The number of anilines is 1. The summed E-state index contributed by atoms with van der Waals surface area (Å²) in [4.78, 5) is 79.8. The minimum Gasteiger partial charge on any atom is -0.506 e. The minimum absolute atomic E-state index is 0.0198. The Balaban J connectivity index is 0.000000151. The zero-order valence-corrected chi connectivity index (χ0v) is 74.2. The summed E-state index contributed by atoms with van der Waals surface area (Å²) in [6.07, 6.45) is 14.5. The van der Waals surface area contributed by atoms with Crippen LogP contribution in [0.15, 0.2) is 293 Å². The predicted octanol–water partition coefficient (Wildman–Crippen LogP) is 24.2. The first-order valence-corrected chi connectivity index (χ1v) is 43.3. The average Bonchev–Trinajstić information content (AvgIpc) is 1.65. The van der Waals surface area contributed by atoms with Gasteiger partial charge in [0.15, 0.2) is 49.4 Å². The second-order valence-electron chi connectivity index (χ2n) is 27.1. The fraction of sp³-hybridized carbons (Fsp3) is 0.128. The molecule has 0 radical (unpaired) electrons. The number of nitrogens with zero attached hydrogens (tertiary/aromatic N) is 8. The molecule has 0 aliphatic carbocycles. The van der Waals surface area contributed by atoms with E-state index < -0.39 is 0 Å². The van der Waals surface area contributed by atoms with Gasteiger partial charge in [-0.15, -0.1) is 13.2 Å². The molecule has 0 unspecified atom stereocenters. The van der Waals surface area contributed by atoms with Gasteiger partial charge in [0.2, 0.25) is 0 Å². The van der Waals surface area contributed by atoms with Crippen molar-refractivity contribution in [1.29, 1.82) is 0 Å². The Hall–Kier alpha value is -11.9. The Morgan fingerprint density at radius 2 is 0.855 bits per heavy atom. The van der Waals surface area contributed by atoms with Crippen LogP contribution in [-0.2, 0) is 49.8 Å². The Bertz CT molecular complexity index is 6050. The fourth-order valence-electron chi connectivity index (χ4n) is 12.1. The lowest BCUT2D eigenvalue weighted by atomic mass is 10.1. The number of phenols is 4. The van der Waals surface area contributed by atoms with Crippen molar-refractivity contribution in [1.82, 2.24) is 14.7 Å². The summed E-state index contributed by atoms with van der Waals surface area (Å²) >= 11 is 35.7. The standard InChI is InChI=1S/C25H22N2O4S.C24H17Cl3N2O2S.C24H26N2O4S.C21H14Cl2N2O3S/c1-3-8-18-13-17(14-21(30-2)23(18)28)15-22-24(29)27(16-20-11-7-12-31-20)25(32-22)26-19-9-5-4-6-10-19;1-13-3-6-16(11-18(13)25)28-24-29(17-7-4-14(2)19(26)12-17)23(31)22(32-24)10-15-5-8-21(30)20(27)9-15;1-4-9-18-14-17(15-20(22(18)27)30-5-2)16-21-23(28)26(12-13-29-3)24(31-21)25-19-10-7-6-8-11-19;22-16-9-13(10-17(23)19(16)26)11-18-20(27)25(12-15-7-4-8-28-15)21(29-18)24-14-5-2-1-3-6-14/h3-7,9-15,28H,1,8,16H2,2H3;3-12,30H,1-2H3;4,6-8,10-11,14-16,27H,1,5,9,12-13H2,2-3H3;1-11,26H,12H2/b22-15-,26-25?;22-10+,28-24?;21-16+,25-24?;18-11-,24-21?. The van der Waals surface area contributed by atoms with Crippen molar-refractivity contribution >= 4 is 202 Å². The number of furan rings is 2. The number of carbonyl (C=O) groups excluding carboxylic acids is 4. The maximum absolute atomic E-state index is 13.4. The van der Waals surface area contributed by atoms with Crippen molar-refractivity contribution in [3.63, 3.8) is 0 Å². The van der Waals surface area contributed by atoms with Gasteiger partial charge in [-0.1, -0.05) is 143 Å². The number of rotatable bonds is 23. The molecule has 15 rings (SSSR count). The highest BCUT2D eigenvalue weighted by atomic mass is 35.5. The number of aliphatic imine (C=N–C) groups is 4.